The van der Waals surface area contributed by atoms with Gasteiger partial charge in [-0.2, -0.15) is 5.26 Å². The molecule has 0 saturated carbocycles. The van der Waals surface area contributed by atoms with Crippen molar-refractivity contribution in [3.8, 4) is 6.19 Å². The molecule has 0 aliphatic rings. The van der Waals surface area contributed by atoms with Crippen LogP contribution in [0.3, 0.4) is 0 Å². The van der Waals surface area contributed by atoms with Gasteiger partial charge in [0.05, 0.1) is 12.8 Å². The van der Waals surface area contributed by atoms with Gasteiger partial charge in [0.1, 0.15) is 11.6 Å². The Hall–Kier alpha value is -2.28. The van der Waals surface area contributed by atoms with Gasteiger partial charge in [-0.15, -0.1) is 0 Å². The predicted octanol–water partition coefficient (Wildman–Crippen LogP) is 4.15. The van der Waals surface area contributed by atoms with Crippen LogP contribution in [-0.2, 0) is 4.74 Å². The summed E-state index contributed by atoms with van der Waals surface area (Å²) in [5.74, 6) is 1.28. The van der Waals surface area contributed by atoms with Gasteiger partial charge in [0.25, 0.3) is 0 Å². The number of methoxy groups -OCH3 is 1. The Morgan fingerprint density at radius 3 is 2.55 bits per heavy atom. The highest BCUT2D eigenvalue weighted by Crippen LogP contribution is 2.23. The number of nitrogens with one attached hydrogen (secondary N) is 1. The summed E-state index contributed by atoms with van der Waals surface area (Å²) in [7, 11) is 1.60. The molecule has 0 radical (unpaired) electrons. The zero-order valence-electron chi connectivity index (χ0n) is 12.9. The zero-order valence-corrected chi connectivity index (χ0v) is 12.9. The lowest BCUT2D eigenvalue weighted by molar-refractivity contribution is 0.371. The van der Waals surface area contributed by atoms with Gasteiger partial charge in [0.2, 0.25) is 0 Å². The van der Waals surface area contributed by atoms with E-state index in [2.05, 4.69) is 16.9 Å². The molecular formula is C16H23N3O. The maximum atomic E-state index is 8.58. The molecule has 0 unspecified atom stereocenters. The van der Waals surface area contributed by atoms with Crippen molar-refractivity contribution in [1.82, 2.24) is 5.32 Å². The van der Waals surface area contributed by atoms with E-state index >= 15 is 0 Å². The molecule has 4 nitrogen and oxygen atoms in total. The molecule has 0 heterocycles. The molecule has 0 aliphatic carbocycles. The molecule has 0 amide bonds. The summed E-state index contributed by atoms with van der Waals surface area (Å²) < 4.78 is 5.11. The Bertz CT molecular complexity index is 513. The number of aliphatic imine (C=N–C) groups is 1. The van der Waals surface area contributed by atoms with Gasteiger partial charge < -0.3 is 4.74 Å². The molecule has 0 saturated heterocycles. The molecule has 1 aromatic carbocycles. The molecule has 4 heteroatoms. The predicted molar refractivity (Wildman–Crippen MR) is 84.7 cm³/mol. The normalized spacial score (nSPS) is 9.90. The van der Waals surface area contributed by atoms with E-state index in [1.165, 1.54) is 0 Å². The molecule has 0 aliphatic heterocycles. The van der Waals surface area contributed by atoms with E-state index < -0.39 is 0 Å². The van der Waals surface area contributed by atoms with E-state index in [0.717, 1.165) is 16.8 Å². The summed E-state index contributed by atoms with van der Waals surface area (Å²) in [4.78, 5) is 4.37. The zero-order chi connectivity index (χ0) is 15.5. The summed E-state index contributed by atoms with van der Waals surface area (Å²) in [6.45, 7) is 11.7. The average Bonchev–Trinajstić information content (AvgIpc) is 2.48. The summed E-state index contributed by atoms with van der Waals surface area (Å²) in [5, 5.41) is 11.1. The van der Waals surface area contributed by atoms with Crippen molar-refractivity contribution in [3.63, 3.8) is 0 Å². The third-order valence-corrected chi connectivity index (χ3v) is 2.56. The van der Waals surface area contributed by atoms with Crippen LogP contribution in [0, 0.1) is 18.4 Å². The number of amidine groups is 1. The lowest BCUT2D eigenvalue weighted by Crippen LogP contribution is -2.15. The van der Waals surface area contributed by atoms with Crippen LogP contribution in [0.4, 0.5) is 5.69 Å². The van der Waals surface area contributed by atoms with Crippen molar-refractivity contribution in [2.24, 2.45) is 4.99 Å². The molecule has 0 bridgehead atoms. The smallest absolute Gasteiger partial charge is 0.182 e. The van der Waals surface area contributed by atoms with E-state index in [9.17, 15) is 0 Å². The maximum Gasteiger partial charge on any atom is 0.182 e. The minimum Gasteiger partial charge on any atom is -0.497 e. The Balaban J connectivity index is 0.00000172. The number of ether oxygens (including phenoxy) is 1. The van der Waals surface area contributed by atoms with Crippen LogP contribution >= 0.6 is 0 Å². The van der Waals surface area contributed by atoms with Crippen molar-refractivity contribution in [2.45, 2.75) is 34.1 Å². The SMILES string of the molecule is C=C(OC)c1ccc(N=C(CC)NC#N)cc1C.CC. The van der Waals surface area contributed by atoms with Crippen molar-refractivity contribution in [1.29, 1.82) is 5.26 Å². The average molecular weight is 273 g/mol. The monoisotopic (exact) mass is 273 g/mol. The molecule has 0 fully saturated rings. The minimum absolute atomic E-state index is 0.633. The first-order valence-corrected chi connectivity index (χ1v) is 6.69. The highest BCUT2D eigenvalue weighted by molar-refractivity contribution is 5.85. The minimum atomic E-state index is 0.633. The third-order valence-electron chi connectivity index (χ3n) is 2.56. The summed E-state index contributed by atoms with van der Waals surface area (Å²) >= 11 is 0. The number of rotatable bonds is 4. The van der Waals surface area contributed by atoms with Crippen molar-refractivity contribution in [2.75, 3.05) is 7.11 Å². The highest BCUT2D eigenvalue weighted by atomic mass is 16.5. The van der Waals surface area contributed by atoms with Crippen LogP contribution in [0.5, 0.6) is 0 Å². The van der Waals surface area contributed by atoms with E-state index in [1.807, 2.05) is 52.1 Å². The molecular weight excluding hydrogens is 250 g/mol. The molecule has 1 rings (SSSR count). The fourth-order valence-corrected chi connectivity index (χ4v) is 1.56. The second-order valence-electron chi connectivity index (χ2n) is 3.78. The summed E-state index contributed by atoms with van der Waals surface area (Å²) in [6, 6.07) is 5.73. The fraction of sp³-hybridized carbons (Fsp3) is 0.375. The van der Waals surface area contributed by atoms with Crippen LogP contribution in [0.1, 0.15) is 38.3 Å². The Kier molecular flexibility index (Phi) is 8.53. The van der Waals surface area contributed by atoms with Crippen molar-refractivity contribution < 1.29 is 4.74 Å². The van der Waals surface area contributed by atoms with E-state index in [0.29, 0.717) is 18.0 Å². The molecule has 0 atom stereocenters. The molecule has 0 aromatic heterocycles. The number of hydrogen-bond acceptors (Lipinski definition) is 3. The fourth-order valence-electron chi connectivity index (χ4n) is 1.56. The van der Waals surface area contributed by atoms with Gasteiger partial charge in [-0.05, 0) is 30.7 Å². The second-order valence-corrected chi connectivity index (χ2v) is 3.78. The lowest BCUT2D eigenvalue weighted by atomic mass is 10.1. The molecule has 1 N–H and O–H groups in total. The summed E-state index contributed by atoms with van der Waals surface area (Å²) in [5.41, 5.74) is 2.80. The van der Waals surface area contributed by atoms with Gasteiger partial charge >= 0.3 is 0 Å². The van der Waals surface area contributed by atoms with Crippen LogP contribution in [0.2, 0.25) is 0 Å². The first-order chi connectivity index (χ1) is 9.62. The maximum absolute atomic E-state index is 8.58. The molecule has 0 spiro atoms. The molecule has 108 valence electrons. The number of nitrogens with zero attached hydrogens (tertiary/aromatic N) is 2. The third kappa shape index (κ3) is 5.15. The number of benzene rings is 1. The van der Waals surface area contributed by atoms with Crippen molar-refractivity contribution in [3.05, 3.63) is 35.9 Å². The first kappa shape index (κ1) is 17.7. The van der Waals surface area contributed by atoms with E-state index in [-0.39, 0.29) is 0 Å². The van der Waals surface area contributed by atoms with Crippen LogP contribution in [-0.4, -0.2) is 12.9 Å². The lowest BCUT2D eigenvalue weighted by Gasteiger charge is -2.09. The van der Waals surface area contributed by atoms with Gasteiger partial charge in [0.15, 0.2) is 6.19 Å². The Morgan fingerprint density at radius 2 is 2.10 bits per heavy atom. The largest absolute Gasteiger partial charge is 0.497 e. The van der Waals surface area contributed by atoms with Gasteiger partial charge in [-0.25, -0.2) is 4.99 Å². The van der Waals surface area contributed by atoms with Crippen LogP contribution in [0.15, 0.2) is 29.8 Å². The van der Waals surface area contributed by atoms with Gasteiger partial charge in [-0.1, -0.05) is 27.4 Å². The van der Waals surface area contributed by atoms with Gasteiger partial charge in [0, 0.05) is 12.0 Å². The molecule has 20 heavy (non-hydrogen) atoms. The standard InChI is InChI=1S/C14H17N3O.C2H6/c1-5-14(16-9-15)17-12-6-7-13(10(2)8-12)11(3)18-4;1-2/h6-8H,3,5H2,1-2,4H3,(H,16,17);1-2H3. The van der Waals surface area contributed by atoms with Crippen LogP contribution < -0.4 is 5.32 Å². The highest BCUT2D eigenvalue weighted by Gasteiger charge is 2.04. The quantitative estimate of drug-likeness (QED) is 0.295. The first-order valence-electron chi connectivity index (χ1n) is 6.69. The Morgan fingerprint density at radius 1 is 1.45 bits per heavy atom. The van der Waals surface area contributed by atoms with Crippen molar-refractivity contribution >= 4 is 17.3 Å². The molecule has 1 aromatic rings. The van der Waals surface area contributed by atoms with E-state index in [1.54, 1.807) is 7.11 Å². The van der Waals surface area contributed by atoms with Gasteiger partial charge in [-0.3, -0.25) is 5.32 Å². The second kappa shape index (κ2) is 9.62. The number of hydrogen-bond donors (Lipinski definition) is 1. The Labute approximate surface area is 121 Å². The number of aryl methyl sites for hydroxylation is 1. The number of nitriles is 1. The topological polar surface area (TPSA) is 57.4 Å². The summed E-state index contributed by atoms with van der Waals surface area (Å²) in [6.07, 6.45) is 2.56. The van der Waals surface area contributed by atoms with Crippen LogP contribution in [0.25, 0.3) is 5.76 Å². The van der Waals surface area contributed by atoms with E-state index in [4.69, 9.17) is 10.00 Å².